The van der Waals surface area contributed by atoms with Crippen molar-refractivity contribution in [1.29, 1.82) is 0 Å². The fourth-order valence-corrected chi connectivity index (χ4v) is 6.12. The number of ketones is 1. The number of carbonyl (C=O) groups excluding carboxylic acids is 1. The number of thioether (sulfide) groups is 1. The number of hydrogen-bond acceptors (Lipinski definition) is 5. The van der Waals surface area contributed by atoms with Crippen LogP contribution in [-0.2, 0) is 0 Å². The van der Waals surface area contributed by atoms with Gasteiger partial charge in [0.2, 0.25) is 0 Å². The molecular weight excluding hydrogens is 460 g/mol. The summed E-state index contributed by atoms with van der Waals surface area (Å²) in [5.74, 6) is 0.00638. The van der Waals surface area contributed by atoms with E-state index in [1.807, 2.05) is 105 Å². The number of aryl methyl sites for hydroxylation is 1. The van der Waals surface area contributed by atoms with Crippen LogP contribution < -0.4 is 5.56 Å². The molecule has 2 aromatic heterocycles. The fraction of sp³-hybridized carbons (Fsp3) is 0.107. The van der Waals surface area contributed by atoms with Gasteiger partial charge in [-0.2, -0.15) is 0 Å². The number of hydrogen-bond donors (Lipinski definition) is 0. The molecule has 0 aliphatic carbocycles. The highest BCUT2D eigenvalue weighted by atomic mass is 32.2. The predicted molar refractivity (Wildman–Crippen MR) is 141 cm³/mol. The van der Waals surface area contributed by atoms with Crippen LogP contribution >= 0.6 is 23.1 Å². The Morgan fingerprint density at radius 3 is 2.15 bits per heavy atom. The first-order chi connectivity index (χ1) is 16.5. The van der Waals surface area contributed by atoms with Crippen molar-refractivity contribution in [2.45, 2.75) is 24.3 Å². The number of Topliss-reactive ketones (excluding diaryl/α,β-unsaturated/α-hetero) is 1. The first-order valence-corrected chi connectivity index (χ1v) is 12.7. The molecule has 34 heavy (non-hydrogen) atoms. The van der Waals surface area contributed by atoms with Gasteiger partial charge in [0.1, 0.15) is 4.83 Å². The highest BCUT2D eigenvalue weighted by Gasteiger charge is 2.24. The first kappa shape index (κ1) is 22.3. The standard InChI is InChI=1S/C28H22N2O2S2/c1-18-23(20-12-6-3-7-13-20)24-26(33-18)29-28(30(27(24)32)22-16-10-5-11-17-22)34-19(2)25(31)21-14-8-4-9-15-21/h3-17,19H,1-2H3. The lowest BCUT2D eigenvalue weighted by Gasteiger charge is -2.15. The second-order valence-electron chi connectivity index (χ2n) is 7.94. The Morgan fingerprint density at radius 1 is 0.912 bits per heavy atom. The summed E-state index contributed by atoms with van der Waals surface area (Å²) in [5, 5.41) is 0.724. The molecule has 6 heteroatoms. The SMILES string of the molecule is Cc1sc2nc(SC(C)C(=O)c3ccccc3)n(-c3ccccc3)c(=O)c2c1-c1ccccc1. The number of fused-ring (bicyclic) bond motifs is 1. The topological polar surface area (TPSA) is 52.0 Å². The Kier molecular flexibility index (Phi) is 6.18. The van der Waals surface area contributed by atoms with Crippen molar-refractivity contribution in [2.24, 2.45) is 0 Å². The van der Waals surface area contributed by atoms with Crippen molar-refractivity contribution in [3.8, 4) is 16.8 Å². The van der Waals surface area contributed by atoms with Gasteiger partial charge < -0.3 is 0 Å². The van der Waals surface area contributed by atoms with Crippen LogP contribution in [0, 0.1) is 6.92 Å². The minimum Gasteiger partial charge on any atom is -0.293 e. The van der Waals surface area contributed by atoms with Gasteiger partial charge in [-0.3, -0.25) is 14.2 Å². The number of carbonyl (C=O) groups is 1. The van der Waals surface area contributed by atoms with E-state index in [4.69, 9.17) is 4.98 Å². The third kappa shape index (κ3) is 4.11. The second-order valence-corrected chi connectivity index (χ2v) is 10.5. The quantitative estimate of drug-likeness (QED) is 0.152. The lowest BCUT2D eigenvalue weighted by atomic mass is 10.0. The van der Waals surface area contributed by atoms with Crippen molar-refractivity contribution in [1.82, 2.24) is 9.55 Å². The summed E-state index contributed by atoms with van der Waals surface area (Å²) in [6, 6.07) is 28.7. The van der Waals surface area contributed by atoms with Crippen LogP contribution in [0.25, 0.3) is 27.0 Å². The van der Waals surface area contributed by atoms with E-state index in [-0.39, 0.29) is 11.3 Å². The summed E-state index contributed by atoms with van der Waals surface area (Å²) in [4.78, 5) is 33.7. The zero-order chi connectivity index (χ0) is 23.7. The number of benzene rings is 3. The van der Waals surface area contributed by atoms with Crippen LogP contribution in [0.2, 0.25) is 0 Å². The second kappa shape index (κ2) is 9.41. The predicted octanol–water partition coefficient (Wildman–Crippen LogP) is 6.79. The number of rotatable bonds is 6. The van der Waals surface area contributed by atoms with E-state index in [1.54, 1.807) is 4.57 Å². The molecule has 0 amide bonds. The monoisotopic (exact) mass is 482 g/mol. The molecule has 4 nitrogen and oxygen atoms in total. The van der Waals surface area contributed by atoms with E-state index in [1.165, 1.54) is 23.1 Å². The average molecular weight is 483 g/mol. The van der Waals surface area contributed by atoms with Crippen LogP contribution in [0.5, 0.6) is 0 Å². The molecule has 2 heterocycles. The zero-order valence-corrected chi connectivity index (χ0v) is 20.4. The summed E-state index contributed by atoms with van der Waals surface area (Å²) in [5.41, 5.74) is 3.17. The highest BCUT2D eigenvalue weighted by Crippen LogP contribution is 2.37. The molecule has 0 saturated heterocycles. The fourth-order valence-electron chi connectivity index (χ4n) is 4.03. The normalized spacial score (nSPS) is 12.1. The van der Waals surface area contributed by atoms with Crippen LogP contribution in [0.3, 0.4) is 0 Å². The third-order valence-electron chi connectivity index (χ3n) is 5.66. The molecule has 1 atom stereocenters. The van der Waals surface area contributed by atoms with Crippen molar-refractivity contribution in [3.05, 3.63) is 112 Å². The summed E-state index contributed by atoms with van der Waals surface area (Å²) in [7, 11) is 0. The largest absolute Gasteiger partial charge is 0.293 e. The highest BCUT2D eigenvalue weighted by molar-refractivity contribution is 8.00. The maximum atomic E-state index is 14.0. The molecule has 0 aliphatic rings. The molecular formula is C28H22N2O2S2. The van der Waals surface area contributed by atoms with Crippen LogP contribution in [0.1, 0.15) is 22.2 Å². The van der Waals surface area contributed by atoms with Gasteiger partial charge in [0.25, 0.3) is 5.56 Å². The van der Waals surface area contributed by atoms with Gasteiger partial charge in [0.05, 0.1) is 16.3 Å². The van der Waals surface area contributed by atoms with Crippen LogP contribution in [0.15, 0.2) is 101 Å². The lowest BCUT2D eigenvalue weighted by Crippen LogP contribution is -2.23. The van der Waals surface area contributed by atoms with Crippen molar-refractivity contribution in [2.75, 3.05) is 0 Å². The molecule has 0 fully saturated rings. The lowest BCUT2D eigenvalue weighted by molar-refractivity contribution is 0.0994. The molecule has 0 aliphatic heterocycles. The molecule has 3 aromatic carbocycles. The van der Waals surface area contributed by atoms with Gasteiger partial charge in [-0.25, -0.2) is 4.98 Å². The Bertz CT molecular complexity index is 1530. The maximum Gasteiger partial charge on any atom is 0.268 e. The summed E-state index contributed by atoms with van der Waals surface area (Å²) in [6.07, 6.45) is 0. The van der Waals surface area contributed by atoms with E-state index < -0.39 is 5.25 Å². The van der Waals surface area contributed by atoms with Gasteiger partial charge in [-0.15, -0.1) is 11.3 Å². The van der Waals surface area contributed by atoms with Crippen LogP contribution in [0.4, 0.5) is 0 Å². The van der Waals surface area contributed by atoms with Crippen molar-refractivity contribution in [3.63, 3.8) is 0 Å². The molecule has 1 unspecified atom stereocenters. The molecule has 0 saturated carbocycles. The van der Waals surface area contributed by atoms with Gasteiger partial charge >= 0.3 is 0 Å². The minimum atomic E-state index is -0.406. The number of nitrogens with zero attached hydrogens (tertiary/aromatic N) is 2. The summed E-state index contributed by atoms with van der Waals surface area (Å²) < 4.78 is 1.64. The summed E-state index contributed by atoms with van der Waals surface area (Å²) in [6.45, 7) is 3.89. The minimum absolute atomic E-state index is 0.00638. The summed E-state index contributed by atoms with van der Waals surface area (Å²) >= 11 is 2.83. The zero-order valence-electron chi connectivity index (χ0n) is 18.8. The molecule has 5 aromatic rings. The Hall–Kier alpha value is -3.48. The van der Waals surface area contributed by atoms with Gasteiger partial charge in [0.15, 0.2) is 10.9 Å². The molecule has 168 valence electrons. The van der Waals surface area contributed by atoms with Crippen molar-refractivity contribution >= 4 is 39.1 Å². The van der Waals surface area contributed by atoms with E-state index in [0.717, 1.165) is 21.7 Å². The third-order valence-corrected chi connectivity index (χ3v) is 7.71. The van der Waals surface area contributed by atoms with E-state index >= 15 is 0 Å². The molecule has 0 bridgehead atoms. The smallest absolute Gasteiger partial charge is 0.268 e. The molecule has 0 spiro atoms. The Balaban J connectivity index is 1.69. The Morgan fingerprint density at radius 2 is 1.50 bits per heavy atom. The molecule has 0 N–H and O–H groups in total. The van der Waals surface area contributed by atoms with E-state index in [9.17, 15) is 9.59 Å². The van der Waals surface area contributed by atoms with Gasteiger partial charge in [-0.05, 0) is 31.5 Å². The van der Waals surface area contributed by atoms with Gasteiger partial charge in [0, 0.05) is 16.0 Å². The maximum absolute atomic E-state index is 14.0. The number of thiophene rings is 1. The Labute approximate surface area is 205 Å². The molecule has 0 radical (unpaired) electrons. The van der Waals surface area contributed by atoms with Crippen LogP contribution in [-0.4, -0.2) is 20.6 Å². The number of para-hydroxylation sites is 1. The number of aromatic nitrogens is 2. The first-order valence-electron chi connectivity index (χ1n) is 11.0. The van der Waals surface area contributed by atoms with Crippen molar-refractivity contribution < 1.29 is 4.79 Å². The van der Waals surface area contributed by atoms with E-state index in [2.05, 4.69) is 0 Å². The molecule has 5 rings (SSSR count). The van der Waals surface area contributed by atoms with Gasteiger partial charge in [-0.1, -0.05) is 90.6 Å². The van der Waals surface area contributed by atoms with E-state index in [0.29, 0.717) is 20.9 Å². The average Bonchev–Trinajstić information content (AvgIpc) is 3.21.